The Morgan fingerprint density at radius 1 is 1.55 bits per heavy atom. The van der Waals surface area contributed by atoms with Gasteiger partial charge in [-0.25, -0.2) is 4.98 Å². The highest BCUT2D eigenvalue weighted by atomic mass is 32.2. The number of aromatic nitrogens is 1. The second-order valence-corrected chi connectivity index (χ2v) is 5.31. The van der Waals surface area contributed by atoms with Crippen molar-refractivity contribution in [3.8, 4) is 11.3 Å². The molecule has 0 unspecified atom stereocenters. The van der Waals surface area contributed by atoms with Crippen LogP contribution in [0.2, 0.25) is 0 Å². The molecule has 20 heavy (non-hydrogen) atoms. The van der Waals surface area contributed by atoms with Crippen LogP contribution in [0.1, 0.15) is 6.42 Å². The minimum atomic E-state index is -0.489. The molecule has 5 nitrogen and oxygen atoms in total. The number of thioether (sulfide) groups is 1. The number of nitrogens with zero attached hydrogens (tertiary/aromatic N) is 1. The van der Waals surface area contributed by atoms with Crippen molar-refractivity contribution in [1.29, 1.82) is 0 Å². The molecule has 1 amide bonds. The van der Waals surface area contributed by atoms with Crippen LogP contribution in [-0.4, -0.2) is 28.9 Å². The van der Waals surface area contributed by atoms with Gasteiger partial charge in [0, 0.05) is 11.3 Å². The molecular weight excluding hydrogens is 274 g/mol. The second-order valence-electron chi connectivity index (χ2n) is 4.32. The average Bonchev–Trinajstić information content (AvgIpc) is 2.99. The highest BCUT2D eigenvalue weighted by molar-refractivity contribution is 7.98. The van der Waals surface area contributed by atoms with Crippen LogP contribution in [0.4, 0.5) is 5.69 Å². The summed E-state index contributed by atoms with van der Waals surface area (Å²) < 4.78 is 5.23. The lowest BCUT2D eigenvalue weighted by atomic mass is 10.1. The summed E-state index contributed by atoms with van der Waals surface area (Å²) >= 11 is 1.68. The molecule has 0 aliphatic rings. The van der Waals surface area contributed by atoms with E-state index in [-0.39, 0.29) is 5.91 Å². The summed E-state index contributed by atoms with van der Waals surface area (Å²) in [5, 5.41) is 2.82. The molecule has 1 atom stereocenters. The quantitative estimate of drug-likeness (QED) is 0.854. The molecule has 0 saturated carbocycles. The van der Waals surface area contributed by atoms with Gasteiger partial charge in [0.1, 0.15) is 0 Å². The first-order valence-corrected chi connectivity index (χ1v) is 7.64. The number of amides is 1. The van der Waals surface area contributed by atoms with Crippen LogP contribution in [0.15, 0.2) is 41.3 Å². The SMILES string of the molecule is CSCC[C@@H](N)C(=O)Nc1cccc(-c2cnco2)c1. The smallest absolute Gasteiger partial charge is 0.241 e. The molecule has 0 aliphatic carbocycles. The molecular formula is C14H17N3O2S. The summed E-state index contributed by atoms with van der Waals surface area (Å²) in [5.41, 5.74) is 7.39. The topological polar surface area (TPSA) is 81.2 Å². The monoisotopic (exact) mass is 291 g/mol. The third-order valence-corrected chi connectivity index (χ3v) is 3.46. The van der Waals surface area contributed by atoms with E-state index in [2.05, 4.69) is 10.3 Å². The minimum Gasteiger partial charge on any atom is -0.444 e. The van der Waals surface area contributed by atoms with Crippen molar-refractivity contribution in [1.82, 2.24) is 4.98 Å². The molecule has 0 bridgehead atoms. The van der Waals surface area contributed by atoms with E-state index in [1.807, 2.05) is 30.5 Å². The number of anilines is 1. The number of benzene rings is 1. The van der Waals surface area contributed by atoms with Crippen LogP contribution in [0.5, 0.6) is 0 Å². The van der Waals surface area contributed by atoms with Gasteiger partial charge in [-0.15, -0.1) is 0 Å². The Labute approximate surface area is 122 Å². The van der Waals surface area contributed by atoms with Crippen LogP contribution in [0.25, 0.3) is 11.3 Å². The third-order valence-electron chi connectivity index (χ3n) is 2.82. The van der Waals surface area contributed by atoms with E-state index >= 15 is 0 Å². The maximum atomic E-state index is 11.9. The largest absolute Gasteiger partial charge is 0.444 e. The fourth-order valence-electron chi connectivity index (χ4n) is 1.72. The van der Waals surface area contributed by atoms with Gasteiger partial charge in [-0.1, -0.05) is 12.1 Å². The number of nitrogens with two attached hydrogens (primary N) is 1. The lowest BCUT2D eigenvalue weighted by Crippen LogP contribution is -2.36. The van der Waals surface area contributed by atoms with Crippen molar-refractivity contribution in [3.05, 3.63) is 36.9 Å². The zero-order chi connectivity index (χ0) is 14.4. The van der Waals surface area contributed by atoms with E-state index in [0.29, 0.717) is 17.9 Å². The van der Waals surface area contributed by atoms with Gasteiger partial charge in [0.15, 0.2) is 12.2 Å². The van der Waals surface area contributed by atoms with Gasteiger partial charge in [0.05, 0.1) is 12.2 Å². The Hall–Kier alpha value is -1.79. The summed E-state index contributed by atoms with van der Waals surface area (Å²) in [5.74, 6) is 1.36. The number of carbonyl (C=O) groups excluding carboxylic acids is 1. The number of oxazole rings is 1. The number of hydrogen-bond donors (Lipinski definition) is 2. The number of carbonyl (C=O) groups is 1. The van der Waals surface area contributed by atoms with Crippen LogP contribution >= 0.6 is 11.8 Å². The van der Waals surface area contributed by atoms with Gasteiger partial charge in [0.25, 0.3) is 0 Å². The minimum absolute atomic E-state index is 0.172. The number of rotatable bonds is 6. The molecule has 0 radical (unpaired) electrons. The lowest BCUT2D eigenvalue weighted by molar-refractivity contribution is -0.117. The van der Waals surface area contributed by atoms with Crippen LogP contribution < -0.4 is 11.1 Å². The molecule has 3 N–H and O–H groups in total. The second kappa shape index (κ2) is 7.12. The van der Waals surface area contributed by atoms with Crippen molar-refractivity contribution in [3.63, 3.8) is 0 Å². The first-order chi connectivity index (χ1) is 9.70. The molecule has 0 aliphatic heterocycles. The molecule has 2 aromatic rings. The van der Waals surface area contributed by atoms with Gasteiger partial charge in [-0.3, -0.25) is 4.79 Å². The Morgan fingerprint density at radius 3 is 3.10 bits per heavy atom. The van der Waals surface area contributed by atoms with Crippen molar-refractivity contribution >= 4 is 23.4 Å². The Balaban J connectivity index is 2.03. The van der Waals surface area contributed by atoms with Crippen molar-refractivity contribution in [2.75, 3.05) is 17.3 Å². The fourth-order valence-corrected chi connectivity index (χ4v) is 2.21. The third kappa shape index (κ3) is 3.85. The predicted molar refractivity (Wildman–Crippen MR) is 81.5 cm³/mol. The molecule has 6 heteroatoms. The molecule has 1 aromatic carbocycles. The normalized spacial score (nSPS) is 12.1. The maximum absolute atomic E-state index is 11.9. The van der Waals surface area contributed by atoms with Gasteiger partial charge in [-0.2, -0.15) is 11.8 Å². The van der Waals surface area contributed by atoms with E-state index in [9.17, 15) is 4.79 Å². The molecule has 0 saturated heterocycles. The molecule has 1 heterocycles. The lowest BCUT2D eigenvalue weighted by Gasteiger charge is -2.12. The number of nitrogens with one attached hydrogen (secondary N) is 1. The van der Waals surface area contributed by atoms with Crippen LogP contribution in [0.3, 0.4) is 0 Å². The maximum Gasteiger partial charge on any atom is 0.241 e. The first kappa shape index (κ1) is 14.6. The van der Waals surface area contributed by atoms with Gasteiger partial charge < -0.3 is 15.5 Å². The summed E-state index contributed by atoms with van der Waals surface area (Å²) in [7, 11) is 0. The zero-order valence-electron chi connectivity index (χ0n) is 11.2. The highest BCUT2D eigenvalue weighted by Gasteiger charge is 2.13. The van der Waals surface area contributed by atoms with Crippen molar-refractivity contribution in [2.45, 2.75) is 12.5 Å². The Kier molecular flexibility index (Phi) is 5.20. The van der Waals surface area contributed by atoms with Crippen LogP contribution in [-0.2, 0) is 4.79 Å². The molecule has 0 fully saturated rings. The number of hydrogen-bond acceptors (Lipinski definition) is 5. The fraction of sp³-hybridized carbons (Fsp3) is 0.286. The first-order valence-electron chi connectivity index (χ1n) is 6.25. The standard InChI is InChI=1S/C14H17N3O2S/c1-20-6-5-12(15)14(18)17-11-4-2-3-10(7-11)13-8-16-9-19-13/h2-4,7-9,12H,5-6,15H2,1H3,(H,17,18)/t12-/m1/s1. The highest BCUT2D eigenvalue weighted by Crippen LogP contribution is 2.22. The summed E-state index contributed by atoms with van der Waals surface area (Å²) in [6.45, 7) is 0. The molecule has 1 aromatic heterocycles. The summed E-state index contributed by atoms with van der Waals surface area (Å²) in [6.07, 6.45) is 5.66. The molecule has 2 rings (SSSR count). The van der Waals surface area contributed by atoms with Crippen molar-refractivity contribution < 1.29 is 9.21 Å². The average molecular weight is 291 g/mol. The Bertz CT molecular complexity index is 557. The van der Waals surface area contributed by atoms with Gasteiger partial charge >= 0.3 is 0 Å². The van der Waals surface area contributed by atoms with Crippen molar-refractivity contribution in [2.24, 2.45) is 5.73 Å². The molecule has 0 spiro atoms. The Morgan fingerprint density at radius 2 is 2.40 bits per heavy atom. The van der Waals surface area contributed by atoms with Gasteiger partial charge in [-0.05, 0) is 30.6 Å². The van der Waals surface area contributed by atoms with Gasteiger partial charge in [0.2, 0.25) is 5.91 Å². The zero-order valence-corrected chi connectivity index (χ0v) is 12.0. The molecule has 106 valence electrons. The summed E-state index contributed by atoms with van der Waals surface area (Å²) in [4.78, 5) is 15.8. The summed E-state index contributed by atoms with van der Waals surface area (Å²) in [6, 6.07) is 6.90. The van der Waals surface area contributed by atoms with E-state index < -0.39 is 6.04 Å². The van der Waals surface area contributed by atoms with E-state index in [1.165, 1.54) is 6.39 Å². The van der Waals surface area contributed by atoms with E-state index in [1.54, 1.807) is 18.0 Å². The van der Waals surface area contributed by atoms with E-state index in [4.69, 9.17) is 10.2 Å². The van der Waals surface area contributed by atoms with E-state index in [0.717, 1.165) is 11.3 Å². The van der Waals surface area contributed by atoms with Crippen LogP contribution in [0, 0.1) is 0 Å². The predicted octanol–water partition coefficient (Wildman–Crippen LogP) is 2.36.